The summed E-state index contributed by atoms with van der Waals surface area (Å²) in [5.41, 5.74) is -0.868. The molecule has 24 heavy (non-hydrogen) atoms. The molecule has 2 aliphatic rings. The number of hydrogen-bond acceptors (Lipinski definition) is 3. The van der Waals surface area contributed by atoms with Crippen LogP contribution in [-0.4, -0.2) is 48.7 Å². The molecule has 2 fully saturated rings. The van der Waals surface area contributed by atoms with Crippen LogP contribution in [0.2, 0.25) is 0 Å². The number of carboxylic acid groups (broad SMARTS) is 1. The molecule has 1 aliphatic carbocycles. The summed E-state index contributed by atoms with van der Waals surface area (Å²) in [7, 11) is 1.43. The number of aliphatic carboxylic acids is 1. The molecule has 0 bridgehead atoms. The summed E-state index contributed by atoms with van der Waals surface area (Å²) in [6, 6.07) is 3.24. The van der Waals surface area contributed by atoms with E-state index in [1.807, 2.05) is 0 Å². The molecule has 130 valence electrons. The van der Waals surface area contributed by atoms with Gasteiger partial charge in [0, 0.05) is 26.1 Å². The maximum Gasteiger partial charge on any atom is 0.313 e. The van der Waals surface area contributed by atoms with Crippen LogP contribution in [0.4, 0.5) is 8.78 Å². The van der Waals surface area contributed by atoms with Gasteiger partial charge in [-0.25, -0.2) is 8.78 Å². The highest BCUT2D eigenvalue weighted by Crippen LogP contribution is 2.50. The van der Waals surface area contributed by atoms with E-state index in [9.17, 15) is 23.5 Å². The van der Waals surface area contributed by atoms with Crippen molar-refractivity contribution in [2.24, 2.45) is 11.3 Å². The molecule has 1 heterocycles. The fourth-order valence-electron chi connectivity index (χ4n) is 3.54. The third-order valence-electron chi connectivity index (χ3n) is 5.00. The first-order chi connectivity index (χ1) is 11.4. The van der Waals surface area contributed by atoms with Gasteiger partial charge in [0.1, 0.15) is 17.0 Å². The highest BCUT2D eigenvalue weighted by Gasteiger charge is 2.52. The number of amides is 1. The molecule has 1 aromatic carbocycles. The quantitative estimate of drug-likeness (QED) is 0.891. The smallest absolute Gasteiger partial charge is 0.313 e. The predicted octanol–water partition coefficient (Wildman–Crippen LogP) is 2.02. The van der Waals surface area contributed by atoms with Gasteiger partial charge in [0.05, 0.1) is 6.61 Å². The van der Waals surface area contributed by atoms with E-state index >= 15 is 0 Å². The van der Waals surface area contributed by atoms with Crippen molar-refractivity contribution in [3.8, 4) is 0 Å². The van der Waals surface area contributed by atoms with Crippen molar-refractivity contribution in [2.45, 2.75) is 18.8 Å². The van der Waals surface area contributed by atoms with Crippen LogP contribution in [0.15, 0.2) is 18.2 Å². The number of rotatable bonds is 5. The Balaban J connectivity index is 1.69. The van der Waals surface area contributed by atoms with Crippen LogP contribution in [0.3, 0.4) is 0 Å². The number of methoxy groups -OCH3 is 1. The van der Waals surface area contributed by atoms with Crippen LogP contribution in [0.25, 0.3) is 0 Å². The molecule has 3 unspecified atom stereocenters. The van der Waals surface area contributed by atoms with Gasteiger partial charge < -0.3 is 14.7 Å². The number of ether oxygens (including phenoxy) is 1. The van der Waals surface area contributed by atoms with E-state index < -0.39 is 28.9 Å². The Labute approximate surface area is 138 Å². The minimum atomic E-state index is -1.08. The third kappa shape index (κ3) is 2.88. The average molecular weight is 339 g/mol. The van der Waals surface area contributed by atoms with Crippen LogP contribution < -0.4 is 0 Å². The van der Waals surface area contributed by atoms with Gasteiger partial charge in [-0.15, -0.1) is 0 Å². The van der Waals surface area contributed by atoms with Crippen molar-refractivity contribution in [3.05, 3.63) is 35.4 Å². The van der Waals surface area contributed by atoms with Crippen LogP contribution >= 0.6 is 0 Å². The topological polar surface area (TPSA) is 66.8 Å². The molecule has 1 amide bonds. The predicted molar refractivity (Wildman–Crippen MR) is 80.3 cm³/mol. The van der Waals surface area contributed by atoms with Crippen molar-refractivity contribution in [1.82, 2.24) is 4.90 Å². The Bertz CT molecular complexity index is 681. The number of halogens is 2. The first kappa shape index (κ1) is 16.8. The van der Waals surface area contributed by atoms with E-state index in [-0.39, 0.29) is 30.5 Å². The third-order valence-corrected chi connectivity index (χ3v) is 5.00. The number of benzene rings is 1. The van der Waals surface area contributed by atoms with Gasteiger partial charge in [-0.05, 0) is 42.5 Å². The fraction of sp³-hybridized carbons (Fsp3) is 0.529. The lowest BCUT2D eigenvalue weighted by Gasteiger charge is -2.24. The van der Waals surface area contributed by atoms with Gasteiger partial charge in [-0.3, -0.25) is 9.59 Å². The summed E-state index contributed by atoms with van der Waals surface area (Å²) in [6.45, 7) is 0.464. The Hall–Kier alpha value is -2.02. The van der Waals surface area contributed by atoms with Crippen LogP contribution in [0.1, 0.15) is 24.3 Å². The maximum atomic E-state index is 13.8. The molecule has 0 radical (unpaired) electrons. The Morgan fingerprint density at radius 3 is 2.83 bits per heavy atom. The molecule has 1 saturated heterocycles. The normalized spacial score (nSPS) is 28.9. The summed E-state index contributed by atoms with van der Waals surface area (Å²) in [4.78, 5) is 25.6. The van der Waals surface area contributed by atoms with Gasteiger partial charge in [-0.2, -0.15) is 0 Å². The molecule has 1 N–H and O–H groups in total. The molecule has 3 rings (SSSR count). The standard InChI is InChI=1S/C17H19F2NO4/c1-24-9-17(16(22)23)4-5-20(8-17)15(21)13-7-11(13)12-6-10(18)2-3-14(12)19/h2-3,6,11,13H,4-5,7-9H2,1H3,(H,22,23). The lowest BCUT2D eigenvalue weighted by atomic mass is 9.88. The van der Waals surface area contributed by atoms with E-state index in [4.69, 9.17) is 4.74 Å². The second kappa shape index (κ2) is 6.12. The van der Waals surface area contributed by atoms with Crippen molar-refractivity contribution in [1.29, 1.82) is 0 Å². The van der Waals surface area contributed by atoms with E-state index in [1.54, 1.807) is 0 Å². The van der Waals surface area contributed by atoms with Crippen molar-refractivity contribution in [2.75, 3.05) is 26.8 Å². The fourth-order valence-corrected chi connectivity index (χ4v) is 3.54. The molecule has 1 aliphatic heterocycles. The highest BCUT2D eigenvalue weighted by atomic mass is 19.1. The summed E-state index contributed by atoms with van der Waals surface area (Å²) in [5, 5.41) is 9.44. The molecular weight excluding hydrogens is 320 g/mol. The van der Waals surface area contributed by atoms with Crippen LogP contribution in [-0.2, 0) is 14.3 Å². The van der Waals surface area contributed by atoms with Gasteiger partial charge in [0.2, 0.25) is 5.91 Å². The van der Waals surface area contributed by atoms with Gasteiger partial charge in [0.25, 0.3) is 0 Å². The average Bonchev–Trinajstić information content (AvgIpc) is 3.21. The molecule has 7 heteroatoms. The Morgan fingerprint density at radius 1 is 1.42 bits per heavy atom. The second-order valence-corrected chi connectivity index (χ2v) is 6.64. The van der Waals surface area contributed by atoms with E-state index in [1.165, 1.54) is 12.0 Å². The summed E-state index contributed by atoms with van der Waals surface area (Å²) in [5.74, 6) is -2.97. The zero-order valence-electron chi connectivity index (χ0n) is 13.3. The van der Waals surface area contributed by atoms with Gasteiger partial charge in [-0.1, -0.05) is 0 Å². The maximum absolute atomic E-state index is 13.8. The number of nitrogens with zero attached hydrogens (tertiary/aromatic N) is 1. The first-order valence-corrected chi connectivity index (χ1v) is 7.84. The minimum Gasteiger partial charge on any atom is -0.481 e. The summed E-state index contributed by atoms with van der Waals surface area (Å²) >= 11 is 0. The summed E-state index contributed by atoms with van der Waals surface area (Å²) in [6.07, 6.45) is 0.785. The molecule has 0 spiro atoms. The number of hydrogen-bond donors (Lipinski definition) is 1. The van der Waals surface area contributed by atoms with Gasteiger partial charge in [0.15, 0.2) is 0 Å². The Morgan fingerprint density at radius 2 is 2.17 bits per heavy atom. The highest BCUT2D eigenvalue weighted by molar-refractivity contribution is 5.85. The zero-order chi connectivity index (χ0) is 17.5. The van der Waals surface area contributed by atoms with E-state index in [2.05, 4.69) is 0 Å². The van der Waals surface area contributed by atoms with Crippen molar-refractivity contribution < 1.29 is 28.2 Å². The van der Waals surface area contributed by atoms with E-state index in [0.29, 0.717) is 19.4 Å². The van der Waals surface area contributed by atoms with Crippen LogP contribution in [0.5, 0.6) is 0 Å². The number of carbonyl (C=O) groups excluding carboxylic acids is 1. The molecule has 1 aromatic rings. The van der Waals surface area contributed by atoms with E-state index in [0.717, 1.165) is 18.2 Å². The minimum absolute atomic E-state index is 0.0404. The molecule has 0 aromatic heterocycles. The number of carboxylic acids is 1. The number of carbonyl (C=O) groups is 2. The lowest BCUT2D eigenvalue weighted by Crippen LogP contribution is -2.40. The number of likely N-dealkylation sites (tertiary alicyclic amines) is 1. The molecular formula is C17H19F2NO4. The van der Waals surface area contributed by atoms with Crippen molar-refractivity contribution in [3.63, 3.8) is 0 Å². The van der Waals surface area contributed by atoms with Gasteiger partial charge >= 0.3 is 5.97 Å². The first-order valence-electron chi connectivity index (χ1n) is 7.84. The Kier molecular flexibility index (Phi) is 4.29. The largest absolute Gasteiger partial charge is 0.481 e. The SMILES string of the molecule is COCC1(C(=O)O)CCN(C(=O)C2CC2c2cc(F)ccc2F)C1. The zero-order valence-corrected chi connectivity index (χ0v) is 13.3. The molecule has 5 nitrogen and oxygen atoms in total. The van der Waals surface area contributed by atoms with Crippen LogP contribution in [0, 0.1) is 23.0 Å². The monoisotopic (exact) mass is 339 g/mol. The van der Waals surface area contributed by atoms with Crippen molar-refractivity contribution >= 4 is 11.9 Å². The lowest BCUT2D eigenvalue weighted by molar-refractivity contribution is -0.151. The second-order valence-electron chi connectivity index (χ2n) is 6.64. The molecule has 1 saturated carbocycles. The summed E-state index contributed by atoms with van der Waals surface area (Å²) < 4.78 is 32.1. The molecule has 3 atom stereocenters.